The Labute approximate surface area is 532 Å². The smallest absolute Gasteiger partial charge is 0.748 e. The molecule has 0 aliphatic carbocycles. The molecule has 10 bridgehead atoms. The molecule has 4 aliphatic rings. The molecule has 459 valence electrons. The minimum atomic E-state index is -3.92. The van der Waals surface area contributed by atoms with E-state index in [4.69, 9.17) is 94.5 Å². The number of hydrogen-bond donors (Lipinski definition) is 0. The van der Waals surface area contributed by atoms with Crippen molar-refractivity contribution in [2.24, 2.45) is 30.0 Å². The largest absolute Gasteiger partial charge is 5.00 e. The van der Waals surface area contributed by atoms with Gasteiger partial charge >= 0.3 is 17.1 Å². The molecule has 4 atom stereocenters. The summed E-state index contributed by atoms with van der Waals surface area (Å²) < 4.78 is 81.7. The SMILES string of the molecule is CC.CC.CS(=O)(=O)[O-].CS(=O)(=O)[O-].CS(=O)(=O)[O-].[Fe+5].c1ccc2cc3c(cc2c1)C1N=c2[n-]c(c4cc5ccccc5cc24)=NC24N=c5[n-]c(c6cc7ccccc7cc56)=NC3(N=c3[n-]c(c5cc6ccccc6cc35)=NC([N-]2)c2cc3ccccc3cc24)[N-]1. The van der Waals surface area contributed by atoms with E-state index < -0.39 is 54.3 Å². The van der Waals surface area contributed by atoms with E-state index >= 15 is 0 Å². The average molecular weight is 1310 g/mol. The van der Waals surface area contributed by atoms with Crippen LogP contribution in [0, 0.1) is 0 Å². The fourth-order valence-corrected chi connectivity index (χ4v) is 11.6. The molecule has 2 spiro atoms. The third kappa shape index (κ3) is 12.7. The summed E-state index contributed by atoms with van der Waals surface area (Å²) in [4.78, 5) is 50.4. The molecule has 20 nitrogen and oxygen atoms in total. The second kappa shape index (κ2) is 24.4. The summed E-state index contributed by atoms with van der Waals surface area (Å²) in [6, 6.07) is 63.2. The average Bonchev–Trinajstić information content (AvgIpc) is 1.57. The quantitative estimate of drug-likeness (QED) is 0.101. The molecule has 1 radical (unpaired) electrons. The minimum absolute atomic E-state index is 0. The van der Waals surface area contributed by atoms with E-state index in [0.717, 1.165) is 108 Å². The standard InChI is InChI=1S/C60H32N11.2C2H6.3CH4O3S.Fe/c1-3-13-33-23-43-41(21-31(33)11-1)51-61-53(43)66-59-50-30-40-20-10-8-18-38(40)28-48(50)58(71-59)64-52-42-22-32-12-2-4-14-34(32)24-44(42)54(62-52)67-60(49-29-39-19-9-7-17-37(39)27-47(49)57(63-51)70-60)69-56-46-26-36-16-6-5-15-35(36)25-45(46)55(65-56)68-59;2*1-2;3*1-5(2,3)4;/h1-30,57-58H;2*1-2H3;3*1H3,(H,2,3,4);/q-5;;;;;;+5/p-3. The summed E-state index contributed by atoms with van der Waals surface area (Å²) in [5.74, 6) is -3.28. The fourth-order valence-electron chi connectivity index (χ4n) is 11.6. The molecule has 0 saturated heterocycles. The van der Waals surface area contributed by atoms with Gasteiger partial charge in [0.05, 0.1) is 30.4 Å². The zero-order chi connectivity index (χ0) is 63.7. The maximum atomic E-state index is 9.08. The number of rotatable bonds is 0. The normalized spacial score (nSPS) is 18.3. The number of aromatic nitrogens is 3. The van der Waals surface area contributed by atoms with Crippen molar-refractivity contribution >= 4 is 117 Å². The Morgan fingerprint density at radius 3 is 0.747 bits per heavy atom. The first-order chi connectivity index (χ1) is 43.0. The van der Waals surface area contributed by atoms with Crippen molar-refractivity contribution in [3.8, 4) is 0 Å². The first-order valence-corrected chi connectivity index (χ1v) is 34.0. The molecule has 17 rings (SSSR count). The molecule has 3 aromatic heterocycles. The summed E-state index contributed by atoms with van der Waals surface area (Å²) >= 11 is 0. The first kappa shape index (κ1) is 63.6. The number of benzene rings is 10. The van der Waals surface area contributed by atoms with Gasteiger partial charge in [-0.25, -0.2) is 25.3 Å². The van der Waals surface area contributed by atoms with Crippen LogP contribution in [0.1, 0.15) is 62.3 Å². The minimum Gasteiger partial charge on any atom is -0.748 e. The second-order valence-electron chi connectivity index (χ2n) is 21.2. The first-order valence-electron chi connectivity index (χ1n) is 28.5. The zero-order valence-electron chi connectivity index (χ0n) is 49.6. The van der Waals surface area contributed by atoms with Crippen LogP contribution in [0.2, 0.25) is 0 Å². The van der Waals surface area contributed by atoms with Crippen LogP contribution >= 0.6 is 0 Å². The van der Waals surface area contributed by atoms with Crippen molar-refractivity contribution < 1.29 is 56.0 Å². The van der Waals surface area contributed by atoms with Crippen molar-refractivity contribution in [1.82, 2.24) is 15.0 Å². The van der Waals surface area contributed by atoms with Gasteiger partial charge in [-0.3, -0.25) is 0 Å². The molecule has 7 heterocycles. The summed E-state index contributed by atoms with van der Waals surface area (Å²) in [6.07, 6.45) is 0.219. The summed E-state index contributed by atoms with van der Waals surface area (Å²) in [5, 5.41) is 26.7. The van der Waals surface area contributed by atoms with Crippen LogP contribution in [0.3, 0.4) is 0 Å². The Hall–Kier alpha value is -8.91. The Morgan fingerprint density at radius 2 is 0.516 bits per heavy atom. The third-order valence-electron chi connectivity index (χ3n) is 15.0. The van der Waals surface area contributed by atoms with Gasteiger partial charge in [0, 0.05) is 51.7 Å². The summed E-state index contributed by atoms with van der Waals surface area (Å²) in [5.41, 5.74) is 6.02. The van der Waals surface area contributed by atoms with Gasteiger partial charge in [0.2, 0.25) is 0 Å². The van der Waals surface area contributed by atoms with Crippen LogP contribution in [0.25, 0.3) is 96.8 Å². The molecule has 13 aromatic rings. The van der Waals surface area contributed by atoms with E-state index in [2.05, 4.69) is 158 Å². The monoisotopic (exact) mass is 1310 g/mol. The predicted molar refractivity (Wildman–Crippen MR) is 344 cm³/mol. The number of fused-ring (bicyclic) bond motifs is 22. The van der Waals surface area contributed by atoms with Gasteiger partial charge in [0.15, 0.2) is 0 Å². The molecule has 10 aromatic carbocycles. The number of nitrogens with zero attached hydrogens (tertiary/aromatic N) is 11. The molecule has 0 saturated carbocycles. The van der Waals surface area contributed by atoms with Crippen LogP contribution in [0.5, 0.6) is 0 Å². The Balaban J connectivity index is 0.000000380. The molecule has 4 unspecified atom stereocenters. The molecule has 24 heteroatoms. The maximum absolute atomic E-state index is 9.08. The molecular formula is C67H53FeN11O9S3-3. The summed E-state index contributed by atoms with van der Waals surface area (Å²) in [7, 11) is -11.8. The van der Waals surface area contributed by atoms with Gasteiger partial charge in [0.1, 0.15) is 0 Å². The molecule has 0 fully saturated rings. The second-order valence-corrected chi connectivity index (χ2v) is 25.4. The molecular weight excluding hydrogens is 1250 g/mol. The summed E-state index contributed by atoms with van der Waals surface area (Å²) in [6.45, 7) is 8.00. The van der Waals surface area contributed by atoms with E-state index in [1.54, 1.807) is 0 Å². The fraction of sp³-hybridized carbons (Fsp3) is 0.164. The van der Waals surface area contributed by atoms with Gasteiger partial charge in [-0.05, 0) is 145 Å². The maximum Gasteiger partial charge on any atom is 5.00 e. The topological polar surface area (TPSA) is 316 Å². The third-order valence-corrected chi connectivity index (χ3v) is 15.0. The Kier molecular flexibility index (Phi) is 17.0. The van der Waals surface area contributed by atoms with Crippen LogP contribution in [-0.4, -0.2) is 57.7 Å². The van der Waals surface area contributed by atoms with Crippen molar-refractivity contribution in [1.29, 1.82) is 0 Å². The van der Waals surface area contributed by atoms with Gasteiger partial charge < -0.3 is 69.2 Å². The van der Waals surface area contributed by atoms with Gasteiger partial charge in [-0.15, -0.1) is 0 Å². The van der Waals surface area contributed by atoms with E-state index in [0.29, 0.717) is 51.7 Å². The van der Waals surface area contributed by atoms with Crippen molar-refractivity contribution in [3.05, 3.63) is 248 Å². The Morgan fingerprint density at radius 1 is 0.330 bits per heavy atom. The van der Waals surface area contributed by atoms with Gasteiger partial charge in [-0.1, -0.05) is 197 Å². The molecule has 0 N–H and O–H groups in total. The van der Waals surface area contributed by atoms with Crippen molar-refractivity contribution in [2.75, 3.05) is 18.8 Å². The van der Waals surface area contributed by atoms with Gasteiger partial charge in [0.25, 0.3) is 0 Å². The molecule has 4 aliphatic heterocycles. The molecule has 0 amide bonds. The zero-order valence-corrected chi connectivity index (χ0v) is 53.2. The van der Waals surface area contributed by atoms with Crippen molar-refractivity contribution in [2.45, 2.75) is 51.6 Å². The predicted octanol–water partition coefficient (Wildman–Crippen LogP) is 8.86. The van der Waals surface area contributed by atoms with Gasteiger partial charge in [-0.2, -0.15) is 0 Å². The van der Waals surface area contributed by atoms with Crippen LogP contribution in [-0.2, 0) is 59.0 Å². The number of hydrogen-bond acceptors (Lipinski definition) is 15. The van der Waals surface area contributed by atoms with Crippen LogP contribution < -0.4 is 47.9 Å². The van der Waals surface area contributed by atoms with Crippen molar-refractivity contribution in [3.63, 3.8) is 0 Å². The Bertz CT molecular complexity index is 5480. The molecule has 91 heavy (non-hydrogen) atoms. The van der Waals surface area contributed by atoms with E-state index in [1.165, 1.54) is 0 Å². The van der Waals surface area contributed by atoms with E-state index in [9.17, 15) is 0 Å². The van der Waals surface area contributed by atoms with Crippen LogP contribution in [0.15, 0.2) is 212 Å². The van der Waals surface area contributed by atoms with E-state index in [-0.39, 0.29) is 17.1 Å². The van der Waals surface area contributed by atoms with Crippen LogP contribution in [0.4, 0.5) is 0 Å². The van der Waals surface area contributed by atoms with E-state index in [1.807, 2.05) is 52.0 Å².